The SMILES string of the molecule is CC1CCCCCCCCC(=O)NC(=NC(=O)OC(C)(C)C)N(C)CC(=O)O1. The molecular formula is C20H35N3O5. The van der Waals surface area contributed by atoms with Crippen LogP contribution < -0.4 is 5.32 Å². The lowest BCUT2D eigenvalue weighted by Crippen LogP contribution is -2.45. The van der Waals surface area contributed by atoms with Crippen LogP contribution in [0.5, 0.6) is 0 Å². The fraction of sp³-hybridized carbons (Fsp3) is 0.800. The summed E-state index contributed by atoms with van der Waals surface area (Å²) in [6.45, 7) is 6.92. The molecule has 28 heavy (non-hydrogen) atoms. The van der Waals surface area contributed by atoms with E-state index in [2.05, 4.69) is 10.3 Å². The van der Waals surface area contributed by atoms with Gasteiger partial charge in [0.25, 0.3) is 0 Å². The largest absolute Gasteiger partial charge is 0.461 e. The lowest BCUT2D eigenvalue weighted by Gasteiger charge is -2.23. The van der Waals surface area contributed by atoms with Crippen LogP contribution in [0.25, 0.3) is 0 Å². The first-order valence-electron chi connectivity index (χ1n) is 10.1. The van der Waals surface area contributed by atoms with Crippen molar-refractivity contribution in [3.8, 4) is 0 Å². The minimum absolute atomic E-state index is 0.0176. The Morgan fingerprint density at radius 1 is 1.14 bits per heavy atom. The van der Waals surface area contributed by atoms with Gasteiger partial charge >= 0.3 is 12.1 Å². The maximum absolute atomic E-state index is 12.2. The van der Waals surface area contributed by atoms with Crippen LogP contribution in [0.2, 0.25) is 0 Å². The van der Waals surface area contributed by atoms with Gasteiger partial charge in [0, 0.05) is 13.5 Å². The van der Waals surface area contributed by atoms with Gasteiger partial charge in [-0.05, 0) is 47.0 Å². The van der Waals surface area contributed by atoms with Crippen LogP contribution in [0.4, 0.5) is 4.79 Å². The summed E-state index contributed by atoms with van der Waals surface area (Å²) in [7, 11) is 1.57. The molecule has 0 bridgehead atoms. The third kappa shape index (κ3) is 10.9. The summed E-state index contributed by atoms with van der Waals surface area (Å²) in [4.78, 5) is 41.7. The van der Waals surface area contributed by atoms with E-state index in [4.69, 9.17) is 9.47 Å². The molecule has 8 heteroatoms. The number of hydrogen-bond donors (Lipinski definition) is 1. The standard InChI is InChI=1S/C20H35N3O5/c1-15-12-10-8-6-7-9-11-13-16(24)21-18(23(5)14-17(25)27-15)22-19(26)28-20(2,3)4/h15H,6-14H2,1-5H3,(H,21,22,24,26). The van der Waals surface area contributed by atoms with E-state index >= 15 is 0 Å². The Balaban J connectivity index is 2.90. The number of nitrogens with one attached hydrogen (secondary N) is 1. The Morgan fingerprint density at radius 3 is 2.39 bits per heavy atom. The Bertz CT molecular complexity index is 569. The third-order valence-electron chi connectivity index (χ3n) is 4.17. The van der Waals surface area contributed by atoms with Crippen molar-refractivity contribution in [3.63, 3.8) is 0 Å². The van der Waals surface area contributed by atoms with Gasteiger partial charge in [0.15, 0.2) is 0 Å². The second kappa shape index (κ2) is 11.7. The van der Waals surface area contributed by atoms with Crippen LogP contribution in [0.15, 0.2) is 4.99 Å². The van der Waals surface area contributed by atoms with Gasteiger partial charge in [-0.15, -0.1) is 4.99 Å². The van der Waals surface area contributed by atoms with Gasteiger partial charge in [-0.3, -0.25) is 14.9 Å². The van der Waals surface area contributed by atoms with E-state index in [0.29, 0.717) is 6.42 Å². The van der Waals surface area contributed by atoms with Crippen LogP contribution in [-0.4, -0.2) is 54.1 Å². The molecule has 0 aromatic heterocycles. The van der Waals surface area contributed by atoms with Crippen molar-refractivity contribution in [2.75, 3.05) is 13.6 Å². The second-order valence-electron chi connectivity index (χ2n) is 8.28. The Hall–Kier alpha value is -2.12. The van der Waals surface area contributed by atoms with E-state index in [1.807, 2.05) is 6.92 Å². The van der Waals surface area contributed by atoms with Crippen LogP contribution >= 0.6 is 0 Å². The number of hydrogen-bond acceptors (Lipinski definition) is 5. The zero-order valence-electron chi connectivity index (χ0n) is 17.9. The van der Waals surface area contributed by atoms with Crippen LogP contribution in [0, 0.1) is 0 Å². The van der Waals surface area contributed by atoms with Crippen molar-refractivity contribution in [1.29, 1.82) is 0 Å². The van der Waals surface area contributed by atoms with Crippen LogP contribution in [0.3, 0.4) is 0 Å². The summed E-state index contributed by atoms with van der Waals surface area (Å²) in [5.41, 5.74) is -0.712. The molecule has 0 aromatic carbocycles. The molecule has 1 heterocycles. The van der Waals surface area contributed by atoms with Gasteiger partial charge in [-0.1, -0.05) is 25.7 Å². The fourth-order valence-corrected chi connectivity index (χ4v) is 2.78. The first-order chi connectivity index (χ1) is 13.1. The minimum Gasteiger partial charge on any atom is -0.461 e. The minimum atomic E-state index is -0.828. The number of ether oxygens (including phenoxy) is 2. The van der Waals surface area contributed by atoms with Crippen LogP contribution in [0.1, 0.15) is 79.1 Å². The predicted molar refractivity (Wildman–Crippen MR) is 107 cm³/mol. The highest BCUT2D eigenvalue weighted by Crippen LogP contribution is 2.12. The Kier molecular flexibility index (Phi) is 9.96. The number of guanidine groups is 1. The van der Waals surface area contributed by atoms with E-state index < -0.39 is 17.7 Å². The highest BCUT2D eigenvalue weighted by atomic mass is 16.6. The number of carbonyl (C=O) groups excluding carboxylic acids is 3. The number of cyclic esters (lactones) is 1. The second-order valence-corrected chi connectivity index (χ2v) is 8.28. The monoisotopic (exact) mass is 397 g/mol. The van der Waals surface area contributed by atoms with E-state index in [9.17, 15) is 14.4 Å². The summed E-state index contributed by atoms with van der Waals surface area (Å²) in [5, 5.41) is 2.63. The fourth-order valence-electron chi connectivity index (χ4n) is 2.78. The molecular weight excluding hydrogens is 362 g/mol. The van der Waals surface area contributed by atoms with Crippen molar-refractivity contribution in [2.24, 2.45) is 4.99 Å². The average Bonchev–Trinajstić information content (AvgIpc) is 2.53. The van der Waals surface area contributed by atoms with E-state index in [0.717, 1.165) is 44.9 Å². The van der Waals surface area contributed by atoms with Gasteiger partial charge in [0.1, 0.15) is 12.1 Å². The van der Waals surface area contributed by atoms with E-state index in [1.54, 1.807) is 27.8 Å². The molecule has 0 aromatic rings. The molecule has 1 unspecified atom stereocenters. The summed E-state index contributed by atoms with van der Waals surface area (Å²) in [6, 6.07) is 0. The number of amides is 2. The van der Waals surface area contributed by atoms with Gasteiger partial charge in [0.05, 0.1) is 6.10 Å². The number of nitrogens with zero attached hydrogens (tertiary/aromatic N) is 2. The van der Waals surface area contributed by atoms with Crippen molar-refractivity contribution in [2.45, 2.75) is 90.8 Å². The molecule has 1 aliphatic heterocycles. The molecule has 0 radical (unpaired) electrons. The van der Waals surface area contributed by atoms with Crippen molar-refractivity contribution >= 4 is 23.9 Å². The van der Waals surface area contributed by atoms with Crippen molar-refractivity contribution < 1.29 is 23.9 Å². The zero-order valence-corrected chi connectivity index (χ0v) is 17.9. The topological polar surface area (TPSA) is 97.3 Å². The lowest BCUT2D eigenvalue weighted by atomic mass is 10.1. The quantitative estimate of drug-likeness (QED) is 0.629. The van der Waals surface area contributed by atoms with Crippen molar-refractivity contribution in [1.82, 2.24) is 10.2 Å². The molecule has 0 spiro atoms. The molecule has 2 amide bonds. The zero-order chi connectivity index (χ0) is 21.2. The molecule has 1 N–H and O–H groups in total. The molecule has 0 saturated carbocycles. The predicted octanol–water partition coefficient (Wildman–Crippen LogP) is 3.39. The molecule has 8 nitrogen and oxygen atoms in total. The number of carbonyl (C=O) groups is 3. The highest BCUT2D eigenvalue weighted by Gasteiger charge is 2.21. The number of aliphatic imine (C=N–C) groups is 1. The van der Waals surface area contributed by atoms with Crippen molar-refractivity contribution in [3.05, 3.63) is 0 Å². The summed E-state index contributed by atoms with van der Waals surface area (Å²) in [5.74, 6) is -0.702. The first-order valence-corrected chi connectivity index (χ1v) is 10.1. The maximum atomic E-state index is 12.2. The summed E-state index contributed by atoms with van der Waals surface area (Å²) < 4.78 is 10.6. The van der Waals surface area contributed by atoms with Crippen LogP contribution in [-0.2, 0) is 19.1 Å². The summed E-state index contributed by atoms with van der Waals surface area (Å²) in [6.07, 6.45) is 6.20. The molecule has 160 valence electrons. The smallest absolute Gasteiger partial charge is 0.437 e. The Labute approximate surface area is 168 Å². The Morgan fingerprint density at radius 2 is 1.75 bits per heavy atom. The number of rotatable bonds is 0. The van der Waals surface area contributed by atoms with E-state index in [1.165, 1.54) is 4.90 Å². The third-order valence-corrected chi connectivity index (χ3v) is 4.17. The van der Waals surface area contributed by atoms with E-state index in [-0.39, 0.29) is 24.5 Å². The normalized spacial score (nSPS) is 23.1. The molecule has 0 aliphatic carbocycles. The molecule has 1 atom stereocenters. The number of esters is 1. The molecule has 1 saturated heterocycles. The van der Waals surface area contributed by atoms with Gasteiger partial charge in [-0.25, -0.2) is 4.79 Å². The first kappa shape index (κ1) is 23.9. The molecule has 1 aliphatic rings. The maximum Gasteiger partial charge on any atom is 0.437 e. The average molecular weight is 398 g/mol. The number of likely N-dealkylation sites (N-methyl/N-ethyl adjacent to an activating group) is 1. The summed E-state index contributed by atoms with van der Waals surface area (Å²) >= 11 is 0. The highest BCUT2D eigenvalue weighted by molar-refractivity contribution is 6.01. The van der Waals surface area contributed by atoms with Gasteiger partial charge in [-0.2, -0.15) is 0 Å². The molecule has 1 rings (SSSR count). The van der Waals surface area contributed by atoms with Gasteiger partial charge < -0.3 is 14.4 Å². The molecule has 1 fully saturated rings. The van der Waals surface area contributed by atoms with Gasteiger partial charge in [0.2, 0.25) is 11.9 Å². The lowest BCUT2D eigenvalue weighted by molar-refractivity contribution is -0.148.